The number of carbonyl (C=O) groups excluding carboxylic acids is 2. The molecular formula is C90H157NO8P+. The van der Waals surface area contributed by atoms with E-state index in [1.165, 1.54) is 205 Å². The predicted molar refractivity (Wildman–Crippen MR) is 436 cm³/mol. The summed E-state index contributed by atoms with van der Waals surface area (Å²) in [4.78, 5) is 36.0. The quantitative estimate of drug-likeness (QED) is 0.0211. The van der Waals surface area contributed by atoms with Crippen molar-refractivity contribution in [3.8, 4) is 0 Å². The summed E-state index contributed by atoms with van der Waals surface area (Å²) in [6, 6.07) is 0. The van der Waals surface area contributed by atoms with Gasteiger partial charge < -0.3 is 18.9 Å². The number of esters is 2. The molecule has 0 aliphatic rings. The number of phosphoric ester groups is 1. The van der Waals surface area contributed by atoms with Crippen LogP contribution >= 0.6 is 7.82 Å². The molecule has 10 heteroatoms. The van der Waals surface area contributed by atoms with E-state index in [2.05, 4.69) is 160 Å². The molecule has 2 atom stereocenters. The molecule has 1 N–H and O–H groups in total. The molecule has 574 valence electrons. The van der Waals surface area contributed by atoms with Crippen LogP contribution in [-0.2, 0) is 32.7 Å². The number of rotatable bonds is 76. The maximum absolute atomic E-state index is 12.9. The first-order chi connectivity index (χ1) is 49.0. The van der Waals surface area contributed by atoms with Crippen molar-refractivity contribution in [1.29, 1.82) is 0 Å². The highest BCUT2D eigenvalue weighted by molar-refractivity contribution is 7.47. The lowest BCUT2D eigenvalue weighted by molar-refractivity contribution is -0.870. The van der Waals surface area contributed by atoms with Gasteiger partial charge >= 0.3 is 19.8 Å². The van der Waals surface area contributed by atoms with Gasteiger partial charge in [0.1, 0.15) is 19.8 Å². The number of allylic oxidation sites excluding steroid dienone is 24. The van der Waals surface area contributed by atoms with Crippen LogP contribution in [0.15, 0.2) is 146 Å². The molecule has 100 heavy (non-hydrogen) atoms. The minimum Gasteiger partial charge on any atom is -0.462 e. The van der Waals surface area contributed by atoms with Gasteiger partial charge in [-0.25, -0.2) is 4.57 Å². The van der Waals surface area contributed by atoms with Crippen molar-refractivity contribution in [1.82, 2.24) is 0 Å². The van der Waals surface area contributed by atoms with E-state index in [1.807, 2.05) is 21.1 Å². The summed E-state index contributed by atoms with van der Waals surface area (Å²) >= 11 is 0. The number of carbonyl (C=O) groups is 2. The van der Waals surface area contributed by atoms with Crippen molar-refractivity contribution in [2.45, 2.75) is 367 Å². The Bertz CT molecular complexity index is 2210. The third-order valence-electron chi connectivity index (χ3n) is 17.9. The number of likely N-dealkylation sites (N-methyl/N-ethyl adjacent to an activating group) is 1. The molecule has 0 amide bonds. The van der Waals surface area contributed by atoms with Crippen LogP contribution in [0, 0.1) is 0 Å². The number of quaternary nitrogens is 1. The second-order valence-electron chi connectivity index (χ2n) is 28.7. The van der Waals surface area contributed by atoms with Gasteiger partial charge in [-0.1, -0.05) is 378 Å². The first kappa shape index (κ1) is 95.9. The van der Waals surface area contributed by atoms with E-state index in [4.69, 9.17) is 18.5 Å². The minimum absolute atomic E-state index is 0.0269. The third kappa shape index (κ3) is 82.8. The second kappa shape index (κ2) is 79.0. The van der Waals surface area contributed by atoms with Crippen molar-refractivity contribution in [2.75, 3.05) is 47.5 Å². The summed E-state index contributed by atoms with van der Waals surface area (Å²) in [5.41, 5.74) is 0. The SMILES string of the molecule is CC/C=C\C/C=C\C/C=C\C/C=C\C/C=C\C/C=C\C/C=C\C/C=C\CCCCCCCCCCCCC(=O)OC(COC(=O)CCCCCCCCCCCCCCCCCCCCCCCCCCCCCC/C=C\C/C=C\C/C=C\C/C=C\CC)COP(=O)(O)OCC[N+](C)(C)C. The summed E-state index contributed by atoms with van der Waals surface area (Å²) in [5.74, 6) is -0.794. The average molecular weight is 1410 g/mol. The van der Waals surface area contributed by atoms with Crippen LogP contribution in [0.3, 0.4) is 0 Å². The zero-order chi connectivity index (χ0) is 72.5. The Morgan fingerprint density at radius 1 is 0.310 bits per heavy atom. The Balaban J connectivity index is 3.95. The van der Waals surface area contributed by atoms with Crippen molar-refractivity contribution >= 4 is 19.8 Å². The molecule has 0 rings (SSSR count). The van der Waals surface area contributed by atoms with Crippen molar-refractivity contribution in [2.24, 2.45) is 0 Å². The maximum Gasteiger partial charge on any atom is 0.472 e. The Morgan fingerprint density at radius 2 is 0.540 bits per heavy atom. The van der Waals surface area contributed by atoms with Gasteiger partial charge in [-0.3, -0.25) is 18.6 Å². The van der Waals surface area contributed by atoms with Gasteiger partial charge in [0.2, 0.25) is 0 Å². The Kier molecular flexibility index (Phi) is 75.8. The Hall–Kier alpha value is -4.11. The van der Waals surface area contributed by atoms with E-state index in [-0.39, 0.29) is 32.0 Å². The number of unbranched alkanes of at least 4 members (excludes halogenated alkanes) is 38. The van der Waals surface area contributed by atoms with E-state index in [0.29, 0.717) is 17.4 Å². The molecule has 0 saturated heterocycles. The first-order valence-electron chi connectivity index (χ1n) is 41.6. The third-order valence-corrected chi connectivity index (χ3v) is 18.8. The molecule has 0 spiro atoms. The number of hydrogen-bond donors (Lipinski definition) is 1. The van der Waals surface area contributed by atoms with Gasteiger partial charge in [0, 0.05) is 12.8 Å². The van der Waals surface area contributed by atoms with Crippen LogP contribution in [0.5, 0.6) is 0 Å². The van der Waals surface area contributed by atoms with Crippen molar-refractivity contribution < 1.29 is 42.1 Å². The fourth-order valence-corrected chi connectivity index (χ4v) is 12.4. The van der Waals surface area contributed by atoms with Crippen LogP contribution in [0.25, 0.3) is 0 Å². The van der Waals surface area contributed by atoms with Gasteiger partial charge in [0.25, 0.3) is 0 Å². The topological polar surface area (TPSA) is 108 Å². The normalized spacial score (nSPS) is 13.8. The number of nitrogens with zero attached hydrogens (tertiary/aromatic N) is 1. The van der Waals surface area contributed by atoms with E-state index < -0.39 is 26.5 Å². The van der Waals surface area contributed by atoms with Crippen LogP contribution in [0.4, 0.5) is 0 Å². The molecule has 9 nitrogen and oxygen atoms in total. The van der Waals surface area contributed by atoms with Crippen LogP contribution in [0.2, 0.25) is 0 Å². The minimum atomic E-state index is -4.40. The predicted octanol–water partition coefficient (Wildman–Crippen LogP) is 28.1. The monoisotopic (exact) mass is 1410 g/mol. The first-order valence-corrected chi connectivity index (χ1v) is 43.1. The smallest absolute Gasteiger partial charge is 0.462 e. The standard InChI is InChI=1S/C90H156NO8P/c1-6-8-10-12-14-16-18-20-22-24-26-28-30-32-34-36-38-40-42-43-44-45-46-47-49-50-52-54-56-58-60-62-64-66-68-70-72-74-76-78-80-82-89(92)96-86-88(87-98-100(94,95)97-85-84-91(3,4)5)99-90(93)83-81-79-77-75-73-71-69-67-65-63-61-59-57-55-53-51-48-41-39-37-35-33-31-29-27-25-23-21-19-17-15-13-11-9-7-2/h8-11,14-17,20-23,26-29,33,35,39,41,51,53,57,59,88H,6-7,12-13,18-19,24-25,30-32,34,36-38,40,42-50,52,54-56,58,60-87H2,1-5H3/p+1/b10-8-,11-9-,16-14-,17-15-,22-20-,23-21-,28-26-,29-27-,35-33-,41-39-,53-51-,59-57-. The van der Waals surface area contributed by atoms with E-state index in [1.54, 1.807) is 0 Å². The highest BCUT2D eigenvalue weighted by Gasteiger charge is 2.27. The number of phosphoric acid groups is 1. The summed E-state index contributed by atoms with van der Waals surface area (Å²) in [5, 5.41) is 0. The molecule has 0 saturated carbocycles. The molecule has 0 heterocycles. The number of ether oxygens (including phenoxy) is 2. The molecule has 0 radical (unpaired) electrons. The largest absolute Gasteiger partial charge is 0.472 e. The summed E-state index contributed by atoms with van der Waals surface area (Å²) in [6.07, 6.45) is 117. The average Bonchev–Trinajstić information content (AvgIpc) is 1.65. The van der Waals surface area contributed by atoms with E-state index in [0.717, 1.165) is 122 Å². The fraction of sp³-hybridized carbons (Fsp3) is 0.711. The Labute approximate surface area is 618 Å². The van der Waals surface area contributed by atoms with Gasteiger partial charge in [0.15, 0.2) is 6.10 Å². The molecular weight excluding hydrogens is 1250 g/mol. The lowest BCUT2D eigenvalue weighted by Gasteiger charge is -2.24. The van der Waals surface area contributed by atoms with Crippen LogP contribution < -0.4 is 0 Å². The van der Waals surface area contributed by atoms with E-state index in [9.17, 15) is 19.0 Å². The molecule has 2 unspecified atom stereocenters. The van der Waals surface area contributed by atoms with Crippen molar-refractivity contribution in [3.05, 3.63) is 146 Å². The Morgan fingerprint density at radius 3 is 0.800 bits per heavy atom. The highest BCUT2D eigenvalue weighted by Crippen LogP contribution is 2.43. The molecule has 0 bridgehead atoms. The maximum atomic E-state index is 12.9. The lowest BCUT2D eigenvalue weighted by atomic mass is 10.0. The zero-order valence-corrected chi connectivity index (χ0v) is 66.5. The number of hydrogen-bond acceptors (Lipinski definition) is 7. The fourth-order valence-electron chi connectivity index (χ4n) is 11.6. The molecule has 0 aliphatic carbocycles. The van der Waals surface area contributed by atoms with Crippen LogP contribution in [0.1, 0.15) is 361 Å². The second-order valence-corrected chi connectivity index (χ2v) is 30.2. The zero-order valence-electron chi connectivity index (χ0n) is 65.6. The molecule has 0 aromatic rings. The van der Waals surface area contributed by atoms with Crippen LogP contribution in [-0.4, -0.2) is 74.9 Å². The lowest BCUT2D eigenvalue weighted by Crippen LogP contribution is -2.37. The summed E-state index contributed by atoms with van der Waals surface area (Å²) in [6.45, 7) is 4.23. The van der Waals surface area contributed by atoms with Gasteiger partial charge in [-0.05, 0) is 116 Å². The summed E-state index contributed by atoms with van der Waals surface area (Å²) < 4.78 is 34.8. The van der Waals surface area contributed by atoms with Gasteiger partial charge in [0.05, 0.1) is 27.7 Å². The highest BCUT2D eigenvalue weighted by atomic mass is 31.2. The van der Waals surface area contributed by atoms with Crippen molar-refractivity contribution in [3.63, 3.8) is 0 Å². The van der Waals surface area contributed by atoms with Gasteiger partial charge in [-0.2, -0.15) is 0 Å². The molecule has 0 fully saturated rings. The van der Waals surface area contributed by atoms with E-state index >= 15 is 0 Å². The van der Waals surface area contributed by atoms with Gasteiger partial charge in [-0.15, -0.1) is 0 Å². The molecule has 0 aliphatic heterocycles. The summed E-state index contributed by atoms with van der Waals surface area (Å²) in [7, 11) is 1.47. The molecule has 0 aromatic carbocycles. The molecule has 0 aromatic heterocycles.